The summed E-state index contributed by atoms with van der Waals surface area (Å²) in [6, 6.07) is 7.66. The van der Waals surface area contributed by atoms with Gasteiger partial charge in [-0.15, -0.1) is 0 Å². The predicted octanol–water partition coefficient (Wildman–Crippen LogP) is 3.07. The van der Waals surface area contributed by atoms with Crippen LogP contribution in [0.3, 0.4) is 0 Å². The van der Waals surface area contributed by atoms with Crippen molar-refractivity contribution in [1.82, 2.24) is 5.32 Å². The molecule has 0 spiro atoms. The number of amides is 1. The molecule has 1 amide bonds. The summed E-state index contributed by atoms with van der Waals surface area (Å²) in [6.45, 7) is 3.96. The Labute approximate surface area is 142 Å². The van der Waals surface area contributed by atoms with Gasteiger partial charge in [0.2, 0.25) is 5.91 Å². The first-order valence-electron chi connectivity index (χ1n) is 8.39. The number of nitrogens with one attached hydrogen (secondary N) is 1. The van der Waals surface area contributed by atoms with Gasteiger partial charge in [-0.25, -0.2) is 0 Å². The second-order valence-electron chi connectivity index (χ2n) is 6.49. The van der Waals surface area contributed by atoms with Crippen LogP contribution in [0.4, 0.5) is 0 Å². The summed E-state index contributed by atoms with van der Waals surface area (Å²) in [4.78, 5) is 13.2. The van der Waals surface area contributed by atoms with E-state index >= 15 is 0 Å². The SMILES string of the molecule is CC(NC(=O)C1(c2ccccc2Cl)CCOCC1)C1CCCO1. The van der Waals surface area contributed by atoms with Gasteiger partial charge in [0.05, 0.1) is 17.6 Å². The third-order valence-corrected chi connectivity index (χ3v) is 5.38. The highest BCUT2D eigenvalue weighted by atomic mass is 35.5. The maximum Gasteiger partial charge on any atom is 0.231 e. The second kappa shape index (κ2) is 7.20. The summed E-state index contributed by atoms with van der Waals surface area (Å²) in [6.07, 6.45) is 3.49. The Kier molecular flexibility index (Phi) is 5.24. The molecule has 0 aromatic heterocycles. The van der Waals surface area contributed by atoms with E-state index in [2.05, 4.69) is 5.32 Å². The van der Waals surface area contributed by atoms with Crippen LogP contribution in [-0.4, -0.2) is 37.9 Å². The lowest BCUT2D eigenvalue weighted by Gasteiger charge is -2.38. The van der Waals surface area contributed by atoms with Crippen molar-refractivity contribution < 1.29 is 14.3 Å². The molecule has 2 unspecified atom stereocenters. The molecule has 2 fully saturated rings. The average molecular weight is 338 g/mol. The molecule has 2 atom stereocenters. The third-order valence-electron chi connectivity index (χ3n) is 5.05. The Bertz CT molecular complexity index is 551. The van der Waals surface area contributed by atoms with Gasteiger partial charge in [0.15, 0.2) is 0 Å². The van der Waals surface area contributed by atoms with Crippen molar-refractivity contribution in [3.63, 3.8) is 0 Å². The zero-order valence-electron chi connectivity index (χ0n) is 13.5. The minimum absolute atomic E-state index is 0.00667. The maximum atomic E-state index is 13.2. The molecule has 23 heavy (non-hydrogen) atoms. The van der Waals surface area contributed by atoms with Crippen LogP contribution in [0.25, 0.3) is 0 Å². The van der Waals surface area contributed by atoms with Gasteiger partial charge in [0.25, 0.3) is 0 Å². The van der Waals surface area contributed by atoms with E-state index in [-0.39, 0.29) is 18.1 Å². The molecule has 1 N–H and O–H groups in total. The first-order chi connectivity index (χ1) is 11.1. The van der Waals surface area contributed by atoms with Gasteiger partial charge in [-0.2, -0.15) is 0 Å². The van der Waals surface area contributed by atoms with E-state index in [4.69, 9.17) is 21.1 Å². The van der Waals surface area contributed by atoms with E-state index in [1.54, 1.807) is 0 Å². The standard InChI is InChI=1S/C18H24ClNO3/c1-13(16-7-4-10-23-16)20-17(21)18(8-11-22-12-9-18)14-5-2-3-6-15(14)19/h2-3,5-6,13,16H,4,7-12H2,1H3,(H,20,21). The lowest BCUT2D eigenvalue weighted by molar-refractivity contribution is -0.132. The monoisotopic (exact) mass is 337 g/mol. The van der Waals surface area contributed by atoms with Crippen LogP contribution in [0.2, 0.25) is 5.02 Å². The summed E-state index contributed by atoms with van der Waals surface area (Å²) in [7, 11) is 0. The van der Waals surface area contributed by atoms with Gasteiger partial charge in [-0.05, 0) is 44.2 Å². The van der Waals surface area contributed by atoms with E-state index in [1.807, 2.05) is 31.2 Å². The molecule has 5 heteroatoms. The molecule has 1 aromatic carbocycles. The van der Waals surface area contributed by atoms with Crippen molar-refractivity contribution in [3.8, 4) is 0 Å². The molecule has 4 nitrogen and oxygen atoms in total. The van der Waals surface area contributed by atoms with Crippen LogP contribution in [0.5, 0.6) is 0 Å². The summed E-state index contributed by atoms with van der Waals surface area (Å²) in [5, 5.41) is 3.83. The molecular formula is C18H24ClNO3. The number of halogens is 1. The predicted molar refractivity (Wildman–Crippen MR) is 89.8 cm³/mol. The summed E-state index contributed by atoms with van der Waals surface area (Å²) < 4.78 is 11.2. The molecule has 2 aliphatic rings. The average Bonchev–Trinajstić information content (AvgIpc) is 3.10. The molecule has 2 aliphatic heterocycles. The molecule has 1 aromatic rings. The zero-order valence-corrected chi connectivity index (χ0v) is 14.3. The van der Waals surface area contributed by atoms with Crippen LogP contribution < -0.4 is 5.32 Å². The van der Waals surface area contributed by atoms with Gasteiger partial charge >= 0.3 is 0 Å². The summed E-state index contributed by atoms with van der Waals surface area (Å²) in [5.74, 6) is 0.0388. The number of hydrogen-bond acceptors (Lipinski definition) is 3. The smallest absolute Gasteiger partial charge is 0.231 e. The molecule has 126 valence electrons. The summed E-state index contributed by atoms with van der Waals surface area (Å²) >= 11 is 6.41. The molecule has 0 aliphatic carbocycles. The highest BCUT2D eigenvalue weighted by Crippen LogP contribution is 2.39. The van der Waals surface area contributed by atoms with Gasteiger partial charge in [0, 0.05) is 24.8 Å². The Morgan fingerprint density at radius 2 is 2.04 bits per heavy atom. The van der Waals surface area contributed by atoms with Crippen LogP contribution in [0, 0.1) is 0 Å². The van der Waals surface area contributed by atoms with E-state index < -0.39 is 5.41 Å². The zero-order chi connectivity index (χ0) is 16.3. The van der Waals surface area contributed by atoms with Crippen LogP contribution in [-0.2, 0) is 19.7 Å². The minimum Gasteiger partial charge on any atom is -0.381 e. The fourth-order valence-corrected chi connectivity index (χ4v) is 3.94. The van der Waals surface area contributed by atoms with Gasteiger partial charge < -0.3 is 14.8 Å². The first kappa shape index (κ1) is 16.7. The minimum atomic E-state index is -0.608. The van der Waals surface area contributed by atoms with Crippen molar-refractivity contribution in [1.29, 1.82) is 0 Å². The van der Waals surface area contributed by atoms with E-state index in [0.29, 0.717) is 31.1 Å². The number of ether oxygens (including phenoxy) is 2. The van der Waals surface area contributed by atoms with Crippen molar-refractivity contribution in [2.45, 2.75) is 50.2 Å². The summed E-state index contributed by atoms with van der Waals surface area (Å²) in [5.41, 5.74) is 0.297. The fraction of sp³-hybridized carbons (Fsp3) is 0.611. The van der Waals surface area contributed by atoms with Crippen molar-refractivity contribution in [2.24, 2.45) is 0 Å². The lowest BCUT2D eigenvalue weighted by Crippen LogP contribution is -2.52. The Hall–Kier alpha value is -1.10. The fourth-order valence-electron chi connectivity index (χ4n) is 3.62. The van der Waals surface area contributed by atoms with Crippen LogP contribution in [0.15, 0.2) is 24.3 Å². The van der Waals surface area contributed by atoms with Crippen LogP contribution in [0.1, 0.15) is 38.2 Å². The highest BCUT2D eigenvalue weighted by Gasteiger charge is 2.43. The molecule has 0 radical (unpaired) electrons. The molecule has 2 saturated heterocycles. The Balaban J connectivity index is 1.83. The van der Waals surface area contributed by atoms with Gasteiger partial charge in [0.1, 0.15) is 0 Å². The number of hydrogen-bond donors (Lipinski definition) is 1. The highest BCUT2D eigenvalue weighted by molar-refractivity contribution is 6.31. The number of benzene rings is 1. The van der Waals surface area contributed by atoms with Gasteiger partial charge in [-0.3, -0.25) is 4.79 Å². The van der Waals surface area contributed by atoms with E-state index in [0.717, 1.165) is 25.0 Å². The van der Waals surface area contributed by atoms with Crippen molar-refractivity contribution in [2.75, 3.05) is 19.8 Å². The van der Waals surface area contributed by atoms with E-state index in [1.165, 1.54) is 0 Å². The first-order valence-corrected chi connectivity index (χ1v) is 8.76. The molecule has 0 saturated carbocycles. The normalized spacial score (nSPS) is 25.0. The largest absolute Gasteiger partial charge is 0.381 e. The molecule has 3 rings (SSSR count). The number of carbonyl (C=O) groups is 1. The van der Waals surface area contributed by atoms with E-state index in [9.17, 15) is 4.79 Å². The quantitative estimate of drug-likeness (QED) is 0.918. The van der Waals surface area contributed by atoms with Gasteiger partial charge in [-0.1, -0.05) is 29.8 Å². The maximum absolute atomic E-state index is 13.2. The number of rotatable bonds is 4. The topological polar surface area (TPSA) is 47.6 Å². The second-order valence-corrected chi connectivity index (χ2v) is 6.90. The van der Waals surface area contributed by atoms with Crippen molar-refractivity contribution >= 4 is 17.5 Å². The molecule has 2 heterocycles. The Morgan fingerprint density at radius 1 is 1.30 bits per heavy atom. The Morgan fingerprint density at radius 3 is 2.70 bits per heavy atom. The molecule has 0 bridgehead atoms. The number of carbonyl (C=O) groups excluding carboxylic acids is 1. The lowest BCUT2D eigenvalue weighted by atomic mass is 9.73. The van der Waals surface area contributed by atoms with Crippen molar-refractivity contribution in [3.05, 3.63) is 34.9 Å². The third kappa shape index (κ3) is 3.39. The molecular weight excluding hydrogens is 314 g/mol. The van der Waals surface area contributed by atoms with Crippen LogP contribution >= 0.6 is 11.6 Å².